The summed E-state index contributed by atoms with van der Waals surface area (Å²) in [5, 5.41) is 5.76. The molecule has 0 aliphatic carbocycles. The topological polar surface area (TPSA) is 28.2 Å². The van der Waals surface area contributed by atoms with Gasteiger partial charge in [-0.05, 0) is 24.9 Å². The van der Waals surface area contributed by atoms with Crippen LogP contribution in [0, 0.1) is 0 Å². The highest BCUT2D eigenvalue weighted by atomic mass is 15.2. The number of pyridine rings is 1. The highest BCUT2D eigenvalue weighted by Crippen LogP contribution is 2.25. The van der Waals surface area contributed by atoms with E-state index in [0.29, 0.717) is 0 Å². The summed E-state index contributed by atoms with van der Waals surface area (Å²) in [7, 11) is 2.07. The van der Waals surface area contributed by atoms with Gasteiger partial charge in [-0.15, -0.1) is 0 Å². The van der Waals surface area contributed by atoms with Crippen LogP contribution in [0.2, 0.25) is 0 Å². The first-order valence-electron chi connectivity index (χ1n) is 7.06. The Hall–Kier alpha value is -1.87. The van der Waals surface area contributed by atoms with Crippen molar-refractivity contribution in [3.05, 3.63) is 48.2 Å². The van der Waals surface area contributed by atoms with Gasteiger partial charge in [0.1, 0.15) is 5.82 Å². The van der Waals surface area contributed by atoms with Crippen LogP contribution in [0.1, 0.15) is 19.5 Å². The van der Waals surface area contributed by atoms with Gasteiger partial charge in [0.2, 0.25) is 0 Å². The van der Waals surface area contributed by atoms with Crippen LogP contribution >= 0.6 is 0 Å². The average molecular weight is 269 g/mol. The van der Waals surface area contributed by atoms with Crippen molar-refractivity contribution in [2.75, 3.05) is 25.0 Å². The first-order valence-corrected chi connectivity index (χ1v) is 7.06. The van der Waals surface area contributed by atoms with Gasteiger partial charge in [0.25, 0.3) is 0 Å². The first-order chi connectivity index (χ1) is 9.61. The van der Waals surface area contributed by atoms with E-state index in [9.17, 15) is 0 Å². The molecule has 3 heteroatoms. The molecule has 1 heterocycles. The Morgan fingerprint density at radius 3 is 2.80 bits per heavy atom. The molecule has 3 nitrogen and oxygen atoms in total. The van der Waals surface area contributed by atoms with Gasteiger partial charge < -0.3 is 10.2 Å². The number of hydrogen-bond donors (Lipinski definition) is 1. The molecule has 0 bridgehead atoms. The SMILES string of the molecule is C=C(C)CN(C)c1nc(CNCC)cc2ccccc12. The molecule has 0 aliphatic rings. The average Bonchev–Trinajstić information content (AvgIpc) is 2.43. The lowest BCUT2D eigenvalue weighted by atomic mass is 10.1. The Bertz CT molecular complexity index is 604. The Balaban J connectivity index is 2.45. The maximum atomic E-state index is 4.81. The van der Waals surface area contributed by atoms with E-state index in [1.165, 1.54) is 10.8 Å². The second-order valence-corrected chi connectivity index (χ2v) is 5.25. The van der Waals surface area contributed by atoms with E-state index in [1.54, 1.807) is 0 Å². The molecule has 1 aromatic heterocycles. The van der Waals surface area contributed by atoms with Crippen LogP contribution in [0.3, 0.4) is 0 Å². The summed E-state index contributed by atoms with van der Waals surface area (Å²) >= 11 is 0. The number of likely N-dealkylation sites (N-methyl/N-ethyl adjacent to an activating group) is 1. The van der Waals surface area contributed by atoms with Crippen LogP contribution in [0.5, 0.6) is 0 Å². The van der Waals surface area contributed by atoms with Gasteiger partial charge in [0.15, 0.2) is 0 Å². The number of nitrogens with one attached hydrogen (secondary N) is 1. The molecule has 0 amide bonds. The lowest BCUT2D eigenvalue weighted by Crippen LogP contribution is -2.22. The van der Waals surface area contributed by atoms with E-state index in [1.807, 2.05) is 6.92 Å². The molecular formula is C17H23N3. The molecule has 0 unspecified atom stereocenters. The van der Waals surface area contributed by atoms with Crippen LogP contribution in [-0.4, -0.2) is 25.1 Å². The molecule has 1 N–H and O–H groups in total. The molecule has 20 heavy (non-hydrogen) atoms. The van der Waals surface area contributed by atoms with Crippen molar-refractivity contribution in [1.29, 1.82) is 0 Å². The summed E-state index contributed by atoms with van der Waals surface area (Å²) in [4.78, 5) is 6.98. The number of anilines is 1. The summed E-state index contributed by atoms with van der Waals surface area (Å²) in [6.07, 6.45) is 0. The summed E-state index contributed by atoms with van der Waals surface area (Å²) < 4.78 is 0. The summed E-state index contributed by atoms with van der Waals surface area (Å²) in [6.45, 7) is 10.7. The molecule has 106 valence electrons. The second kappa shape index (κ2) is 6.53. The molecule has 0 radical (unpaired) electrons. The maximum absolute atomic E-state index is 4.81. The van der Waals surface area contributed by atoms with Crippen molar-refractivity contribution in [3.63, 3.8) is 0 Å². The van der Waals surface area contributed by atoms with E-state index < -0.39 is 0 Å². The molecular weight excluding hydrogens is 246 g/mol. The number of benzene rings is 1. The van der Waals surface area contributed by atoms with Crippen LogP contribution in [0.15, 0.2) is 42.5 Å². The fourth-order valence-electron chi connectivity index (χ4n) is 2.35. The minimum absolute atomic E-state index is 0.801. The number of aromatic nitrogens is 1. The zero-order valence-electron chi connectivity index (χ0n) is 12.6. The minimum Gasteiger partial charge on any atom is -0.355 e. The number of nitrogens with zero attached hydrogens (tertiary/aromatic N) is 2. The Morgan fingerprint density at radius 2 is 2.10 bits per heavy atom. The highest BCUT2D eigenvalue weighted by molar-refractivity contribution is 5.92. The molecule has 0 saturated heterocycles. The molecule has 0 atom stereocenters. The third-order valence-electron chi connectivity index (χ3n) is 3.20. The fourth-order valence-corrected chi connectivity index (χ4v) is 2.35. The molecule has 1 aromatic carbocycles. The van der Waals surface area contributed by atoms with E-state index in [4.69, 9.17) is 4.98 Å². The Labute approximate surface area is 121 Å². The largest absolute Gasteiger partial charge is 0.355 e. The van der Waals surface area contributed by atoms with Gasteiger partial charge in [-0.1, -0.05) is 43.3 Å². The molecule has 0 spiro atoms. The van der Waals surface area contributed by atoms with Crippen LogP contribution in [0.25, 0.3) is 10.8 Å². The van der Waals surface area contributed by atoms with Gasteiger partial charge in [0, 0.05) is 25.5 Å². The maximum Gasteiger partial charge on any atom is 0.136 e. The van der Waals surface area contributed by atoms with Crippen molar-refractivity contribution in [3.8, 4) is 0 Å². The van der Waals surface area contributed by atoms with Crippen molar-refractivity contribution >= 4 is 16.6 Å². The first kappa shape index (κ1) is 14.5. The van der Waals surface area contributed by atoms with Crippen molar-refractivity contribution in [2.24, 2.45) is 0 Å². The van der Waals surface area contributed by atoms with Gasteiger partial charge in [0.05, 0.1) is 5.69 Å². The van der Waals surface area contributed by atoms with E-state index in [0.717, 1.165) is 36.7 Å². The number of rotatable bonds is 6. The monoisotopic (exact) mass is 269 g/mol. The molecule has 2 aromatic rings. The fraction of sp³-hybridized carbons (Fsp3) is 0.353. The lowest BCUT2D eigenvalue weighted by Gasteiger charge is -2.21. The third kappa shape index (κ3) is 3.36. The summed E-state index contributed by atoms with van der Waals surface area (Å²) in [5.74, 6) is 1.03. The molecule has 0 fully saturated rings. The number of hydrogen-bond acceptors (Lipinski definition) is 3. The van der Waals surface area contributed by atoms with E-state index >= 15 is 0 Å². The van der Waals surface area contributed by atoms with Crippen molar-refractivity contribution in [2.45, 2.75) is 20.4 Å². The predicted molar refractivity (Wildman–Crippen MR) is 87.2 cm³/mol. The lowest BCUT2D eigenvalue weighted by molar-refractivity contribution is 0.710. The molecule has 0 saturated carbocycles. The van der Waals surface area contributed by atoms with Gasteiger partial charge in [-0.3, -0.25) is 0 Å². The Morgan fingerprint density at radius 1 is 1.35 bits per heavy atom. The van der Waals surface area contributed by atoms with Crippen LogP contribution in [0.4, 0.5) is 5.82 Å². The number of fused-ring (bicyclic) bond motifs is 1. The summed E-state index contributed by atoms with van der Waals surface area (Å²) in [5.41, 5.74) is 2.21. The van der Waals surface area contributed by atoms with Crippen molar-refractivity contribution < 1.29 is 0 Å². The second-order valence-electron chi connectivity index (χ2n) is 5.25. The smallest absolute Gasteiger partial charge is 0.136 e. The van der Waals surface area contributed by atoms with Crippen LogP contribution < -0.4 is 10.2 Å². The van der Waals surface area contributed by atoms with E-state index in [2.05, 4.69) is 61.1 Å². The Kier molecular flexibility index (Phi) is 4.74. The quantitative estimate of drug-likeness (QED) is 0.815. The predicted octanol–water partition coefficient (Wildman–Crippen LogP) is 3.36. The van der Waals surface area contributed by atoms with Gasteiger partial charge in [-0.2, -0.15) is 0 Å². The zero-order valence-corrected chi connectivity index (χ0v) is 12.6. The minimum atomic E-state index is 0.801. The zero-order chi connectivity index (χ0) is 14.5. The normalized spacial score (nSPS) is 10.8. The highest BCUT2D eigenvalue weighted by Gasteiger charge is 2.10. The van der Waals surface area contributed by atoms with E-state index in [-0.39, 0.29) is 0 Å². The molecule has 2 rings (SSSR count). The van der Waals surface area contributed by atoms with Gasteiger partial charge >= 0.3 is 0 Å². The van der Waals surface area contributed by atoms with Gasteiger partial charge in [-0.25, -0.2) is 4.98 Å². The van der Waals surface area contributed by atoms with Crippen molar-refractivity contribution in [1.82, 2.24) is 10.3 Å². The van der Waals surface area contributed by atoms with Crippen LogP contribution in [-0.2, 0) is 6.54 Å². The third-order valence-corrected chi connectivity index (χ3v) is 3.20. The molecule has 0 aliphatic heterocycles. The standard InChI is InChI=1S/C17H23N3/c1-5-18-11-15-10-14-8-6-7-9-16(14)17(19-15)20(4)12-13(2)3/h6-10,18H,2,5,11-12H2,1,3-4H3. The summed E-state index contributed by atoms with van der Waals surface area (Å²) in [6, 6.07) is 10.6.